The number of aliphatic imine (C=N–C) groups is 1. The van der Waals surface area contributed by atoms with E-state index in [1.807, 2.05) is 7.05 Å². The molecule has 0 bridgehead atoms. The zero-order chi connectivity index (χ0) is 18.1. The Kier molecular flexibility index (Phi) is 5.44. The summed E-state index contributed by atoms with van der Waals surface area (Å²) in [5.74, 6) is 2.45. The fraction of sp³-hybridized carbons (Fsp3) is 0.950. The molecule has 3 heterocycles. The molecule has 0 amide bonds. The van der Waals surface area contributed by atoms with Crippen LogP contribution in [0.5, 0.6) is 0 Å². The summed E-state index contributed by atoms with van der Waals surface area (Å²) >= 11 is 0. The number of rotatable bonds is 3. The van der Waals surface area contributed by atoms with Crippen LogP contribution in [0.15, 0.2) is 4.99 Å². The van der Waals surface area contributed by atoms with Gasteiger partial charge in [0.25, 0.3) is 0 Å². The predicted molar refractivity (Wildman–Crippen MR) is 103 cm³/mol. The molecule has 4 aliphatic rings. The minimum absolute atomic E-state index is 0.186. The first kappa shape index (κ1) is 18.5. The molecule has 3 aliphatic heterocycles. The highest BCUT2D eigenvalue weighted by Crippen LogP contribution is 2.51. The molecule has 6 nitrogen and oxygen atoms in total. The Hall–Kier alpha value is -0.850. The summed E-state index contributed by atoms with van der Waals surface area (Å²) < 4.78 is 11.6. The summed E-state index contributed by atoms with van der Waals surface area (Å²) in [5, 5.41) is 3.81. The first-order valence-electron chi connectivity index (χ1n) is 10.5. The fourth-order valence-corrected chi connectivity index (χ4v) is 5.49. The van der Waals surface area contributed by atoms with Crippen LogP contribution >= 0.6 is 0 Å². The average Bonchev–Trinajstić information content (AvgIpc) is 3.16. The van der Waals surface area contributed by atoms with Gasteiger partial charge in [-0.2, -0.15) is 0 Å². The maximum atomic E-state index is 6.05. The van der Waals surface area contributed by atoms with E-state index in [0.29, 0.717) is 18.1 Å². The SMILES string of the molecule is CN=C(NC1C2CCCOC2C1(C)C)N1CCN(CC2CCOC2)CC1. The van der Waals surface area contributed by atoms with E-state index in [9.17, 15) is 0 Å². The van der Waals surface area contributed by atoms with E-state index in [4.69, 9.17) is 9.47 Å². The van der Waals surface area contributed by atoms with E-state index in [1.165, 1.54) is 25.8 Å². The summed E-state index contributed by atoms with van der Waals surface area (Å²) in [4.78, 5) is 9.66. The molecule has 1 aliphatic carbocycles. The molecular formula is C20H36N4O2. The molecule has 4 fully saturated rings. The number of guanidine groups is 1. The van der Waals surface area contributed by atoms with Gasteiger partial charge in [0, 0.05) is 70.4 Å². The molecule has 0 aromatic rings. The van der Waals surface area contributed by atoms with Crippen molar-refractivity contribution in [2.45, 2.75) is 45.3 Å². The molecule has 148 valence electrons. The van der Waals surface area contributed by atoms with Crippen LogP contribution in [0.25, 0.3) is 0 Å². The van der Waals surface area contributed by atoms with Crippen LogP contribution in [0.2, 0.25) is 0 Å². The topological polar surface area (TPSA) is 49.3 Å². The highest BCUT2D eigenvalue weighted by molar-refractivity contribution is 5.80. The fourth-order valence-electron chi connectivity index (χ4n) is 5.49. The van der Waals surface area contributed by atoms with Gasteiger partial charge in [-0.15, -0.1) is 0 Å². The maximum absolute atomic E-state index is 6.05. The molecule has 4 atom stereocenters. The number of nitrogens with zero attached hydrogens (tertiary/aromatic N) is 3. The van der Waals surface area contributed by atoms with Crippen LogP contribution in [0.1, 0.15) is 33.1 Å². The Balaban J connectivity index is 1.29. The normalized spacial score (nSPS) is 38.0. The first-order valence-corrected chi connectivity index (χ1v) is 10.5. The Labute approximate surface area is 158 Å². The lowest BCUT2D eigenvalue weighted by Gasteiger charge is -2.60. The summed E-state index contributed by atoms with van der Waals surface area (Å²) in [6.07, 6.45) is 4.11. The van der Waals surface area contributed by atoms with E-state index in [-0.39, 0.29) is 5.41 Å². The van der Waals surface area contributed by atoms with Gasteiger partial charge < -0.3 is 19.7 Å². The molecule has 1 N–H and O–H groups in total. The number of fused-ring (bicyclic) bond motifs is 1. The van der Waals surface area contributed by atoms with Crippen molar-refractivity contribution in [2.24, 2.45) is 22.2 Å². The van der Waals surface area contributed by atoms with Crippen molar-refractivity contribution in [3.8, 4) is 0 Å². The lowest BCUT2D eigenvalue weighted by Crippen LogP contribution is -2.71. The van der Waals surface area contributed by atoms with Gasteiger partial charge in [0.1, 0.15) is 0 Å². The average molecular weight is 365 g/mol. The van der Waals surface area contributed by atoms with Gasteiger partial charge in [-0.05, 0) is 25.2 Å². The molecule has 3 saturated heterocycles. The minimum atomic E-state index is 0.186. The van der Waals surface area contributed by atoms with Crippen molar-refractivity contribution in [2.75, 3.05) is 59.6 Å². The lowest BCUT2D eigenvalue weighted by atomic mass is 9.55. The van der Waals surface area contributed by atoms with E-state index < -0.39 is 0 Å². The van der Waals surface area contributed by atoms with Crippen LogP contribution in [0.3, 0.4) is 0 Å². The van der Waals surface area contributed by atoms with Crippen molar-refractivity contribution in [1.82, 2.24) is 15.1 Å². The van der Waals surface area contributed by atoms with Crippen LogP contribution in [-0.4, -0.2) is 87.5 Å². The molecule has 4 rings (SSSR count). The zero-order valence-electron chi connectivity index (χ0n) is 16.7. The predicted octanol–water partition coefficient (Wildman–Crippen LogP) is 1.42. The Morgan fingerprint density at radius 2 is 1.96 bits per heavy atom. The number of nitrogens with one attached hydrogen (secondary N) is 1. The van der Waals surface area contributed by atoms with Gasteiger partial charge in [-0.3, -0.25) is 9.89 Å². The molecule has 4 unspecified atom stereocenters. The van der Waals surface area contributed by atoms with Gasteiger partial charge in [0.05, 0.1) is 12.7 Å². The van der Waals surface area contributed by atoms with E-state index in [0.717, 1.165) is 57.9 Å². The van der Waals surface area contributed by atoms with E-state index in [1.54, 1.807) is 0 Å². The smallest absolute Gasteiger partial charge is 0.193 e. The summed E-state index contributed by atoms with van der Waals surface area (Å²) in [5.41, 5.74) is 0.186. The quantitative estimate of drug-likeness (QED) is 0.606. The van der Waals surface area contributed by atoms with Crippen LogP contribution in [0, 0.1) is 17.3 Å². The Morgan fingerprint density at radius 1 is 1.15 bits per heavy atom. The standard InChI is InChI=1S/C20H36N4O2/c1-20(2)17(16-5-4-11-26-18(16)20)22-19(21-3)24-9-7-23(8-10-24)13-15-6-12-25-14-15/h15-18H,4-14H2,1-3H3,(H,21,22). The van der Waals surface area contributed by atoms with Crippen molar-refractivity contribution in [1.29, 1.82) is 0 Å². The second kappa shape index (κ2) is 7.64. The first-order chi connectivity index (χ1) is 12.6. The summed E-state index contributed by atoms with van der Waals surface area (Å²) in [6.45, 7) is 13.1. The minimum Gasteiger partial charge on any atom is -0.381 e. The van der Waals surface area contributed by atoms with E-state index in [2.05, 4.69) is 34.0 Å². The van der Waals surface area contributed by atoms with Crippen molar-refractivity contribution in [3.05, 3.63) is 0 Å². The highest BCUT2D eigenvalue weighted by atomic mass is 16.5. The third-order valence-electron chi connectivity index (χ3n) is 7.04. The highest BCUT2D eigenvalue weighted by Gasteiger charge is 2.58. The van der Waals surface area contributed by atoms with Crippen molar-refractivity contribution in [3.63, 3.8) is 0 Å². The Bertz CT molecular complexity index is 510. The van der Waals surface area contributed by atoms with Crippen molar-refractivity contribution >= 4 is 5.96 Å². The number of hydrogen-bond donors (Lipinski definition) is 1. The summed E-state index contributed by atoms with van der Waals surface area (Å²) in [7, 11) is 1.92. The molecule has 0 aromatic heterocycles. The van der Waals surface area contributed by atoms with Gasteiger partial charge in [0.2, 0.25) is 0 Å². The van der Waals surface area contributed by atoms with Crippen molar-refractivity contribution < 1.29 is 9.47 Å². The second-order valence-electron chi connectivity index (χ2n) is 9.11. The molecule has 0 radical (unpaired) electrons. The molecular weight excluding hydrogens is 328 g/mol. The van der Waals surface area contributed by atoms with Crippen LogP contribution < -0.4 is 5.32 Å². The zero-order valence-corrected chi connectivity index (χ0v) is 16.7. The van der Waals surface area contributed by atoms with Crippen LogP contribution in [0.4, 0.5) is 0 Å². The number of hydrogen-bond acceptors (Lipinski definition) is 4. The monoisotopic (exact) mass is 364 g/mol. The molecule has 26 heavy (non-hydrogen) atoms. The molecule has 1 saturated carbocycles. The second-order valence-corrected chi connectivity index (χ2v) is 9.11. The van der Waals surface area contributed by atoms with Gasteiger partial charge in [-0.1, -0.05) is 13.8 Å². The maximum Gasteiger partial charge on any atom is 0.193 e. The largest absolute Gasteiger partial charge is 0.381 e. The van der Waals surface area contributed by atoms with Gasteiger partial charge in [0.15, 0.2) is 5.96 Å². The lowest BCUT2D eigenvalue weighted by molar-refractivity contribution is -0.188. The molecule has 0 spiro atoms. The third-order valence-corrected chi connectivity index (χ3v) is 7.04. The summed E-state index contributed by atoms with van der Waals surface area (Å²) in [6, 6.07) is 0.472. The van der Waals surface area contributed by atoms with Gasteiger partial charge >= 0.3 is 0 Å². The third kappa shape index (κ3) is 3.48. The van der Waals surface area contributed by atoms with E-state index >= 15 is 0 Å². The molecule has 0 aromatic carbocycles. The Morgan fingerprint density at radius 3 is 2.65 bits per heavy atom. The number of piperazine rings is 1. The molecule has 6 heteroatoms. The number of ether oxygens (including phenoxy) is 2. The van der Waals surface area contributed by atoms with Crippen LogP contribution in [-0.2, 0) is 9.47 Å². The van der Waals surface area contributed by atoms with Gasteiger partial charge in [-0.25, -0.2) is 0 Å².